The molecule has 0 atom stereocenters. The van der Waals surface area contributed by atoms with Crippen LogP contribution in [0.4, 0.5) is 0 Å². The molecule has 5 nitrogen and oxygen atoms in total. The molecule has 0 aliphatic heterocycles. The van der Waals surface area contributed by atoms with Gasteiger partial charge < -0.3 is 14.6 Å². The molecule has 1 amide bonds. The lowest BCUT2D eigenvalue weighted by Gasteiger charge is -2.03. The zero-order valence-electron chi connectivity index (χ0n) is 10.9. The topological polar surface area (TPSA) is 56.1 Å². The predicted molar refractivity (Wildman–Crippen MR) is 82.9 cm³/mol. The van der Waals surface area contributed by atoms with Crippen LogP contribution in [0.2, 0.25) is 0 Å². The van der Waals surface area contributed by atoms with Crippen molar-refractivity contribution in [2.75, 3.05) is 18.1 Å². The van der Waals surface area contributed by atoms with E-state index in [2.05, 4.69) is 32.9 Å². The van der Waals surface area contributed by atoms with E-state index >= 15 is 0 Å². The normalized spacial score (nSPS) is 10.7. The maximum absolute atomic E-state index is 11.2. The highest BCUT2D eigenvalue weighted by atomic mass is 127. The molecule has 0 fully saturated rings. The van der Waals surface area contributed by atoms with Crippen molar-refractivity contribution >= 4 is 39.5 Å². The Labute approximate surface area is 125 Å². The summed E-state index contributed by atoms with van der Waals surface area (Å²) in [5.74, 6) is 0.813. The average Bonchev–Trinajstić information content (AvgIpc) is 2.74. The third-order valence-electron chi connectivity index (χ3n) is 2.94. The van der Waals surface area contributed by atoms with Gasteiger partial charge >= 0.3 is 0 Å². The molecule has 2 aromatic rings. The standard InChI is InChI=1S/C13H16IN3O2/c1-17-8-9(3-4-15-12(18)6-14)11-5-10(19-2)7-16-13(11)17/h5,7-8H,3-4,6H2,1-2H3,(H,15,18). The first-order valence-corrected chi connectivity index (χ1v) is 7.49. The first kappa shape index (κ1) is 14.1. The summed E-state index contributed by atoms with van der Waals surface area (Å²) in [6, 6.07) is 1.98. The largest absolute Gasteiger partial charge is 0.495 e. The highest BCUT2D eigenvalue weighted by Gasteiger charge is 2.09. The third-order valence-corrected chi connectivity index (χ3v) is 3.64. The van der Waals surface area contributed by atoms with E-state index in [0.717, 1.165) is 28.8 Å². The molecule has 0 unspecified atom stereocenters. The van der Waals surface area contributed by atoms with E-state index in [4.69, 9.17) is 4.74 Å². The number of hydrogen-bond donors (Lipinski definition) is 1. The second-order valence-electron chi connectivity index (χ2n) is 4.25. The third kappa shape index (κ3) is 3.17. The number of ether oxygens (including phenoxy) is 1. The molecule has 1 N–H and O–H groups in total. The van der Waals surface area contributed by atoms with Crippen LogP contribution in [0.5, 0.6) is 5.75 Å². The summed E-state index contributed by atoms with van der Waals surface area (Å²) in [6.45, 7) is 0.637. The summed E-state index contributed by atoms with van der Waals surface area (Å²) in [5.41, 5.74) is 2.09. The van der Waals surface area contributed by atoms with E-state index in [9.17, 15) is 4.79 Å². The Balaban J connectivity index is 2.20. The van der Waals surface area contributed by atoms with E-state index in [1.807, 2.05) is 23.9 Å². The van der Waals surface area contributed by atoms with Crippen molar-refractivity contribution in [2.45, 2.75) is 6.42 Å². The van der Waals surface area contributed by atoms with Crippen molar-refractivity contribution in [3.05, 3.63) is 24.0 Å². The molecule has 0 bridgehead atoms. The number of hydrogen-bond acceptors (Lipinski definition) is 3. The second kappa shape index (κ2) is 6.23. The first-order chi connectivity index (χ1) is 9.15. The number of rotatable bonds is 5. The smallest absolute Gasteiger partial charge is 0.229 e. The summed E-state index contributed by atoms with van der Waals surface area (Å²) in [4.78, 5) is 15.6. The lowest BCUT2D eigenvalue weighted by atomic mass is 10.1. The summed E-state index contributed by atoms with van der Waals surface area (Å²) in [7, 11) is 3.60. The Morgan fingerprint density at radius 1 is 1.58 bits per heavy atom. The van der Waals surface area contributed by atoms with E-state index in [1.165, 1.54) is 0 Å². The number of carbonyl (C=O) groups excluding carboxylic acids is 1. The van der Waals surface area contributed by atoms with Gasteiger partial charge in [0.15, 0.2) is 0 Å². The molecule has 0 aliphatic rings. The van der Waals surface area contributed by atoms with Crippen LogP contribution in [0.1, 0.15) is 5.56 Å². The van der Waals surface area contributed by atoms with E-state index in [0.29, 0.717) is 11.0 Å². The van der Waals surface area contributed by atoms with Crippen molar-refractivity contribution < 1.29 is 9.53 Å². The van der Waals surface area contributed by atoms with E-state index < -0.39 is 0 Å². The number of nitrogens with one attached hydrogen (secondary N) is 1. The van der Waals surface area contributed by atoms with Crippen LogP contribution >= 0.6 is 22.6 Å². The number of methoxy groups -OCH3 is 1. The minimum atomic E-state index is 0.0662. The van der Waals surface area contributed by atoms with Crippen molar-refractivity contribution in [3.63, 3.8) is 0 Å². The molecule has 0 aromatic carbocycles. The van der Waals surface area contributed by atoms with Gasteiger partial charge in [-0.3, -0.25) is 4.79 Å². The fraction of sp³-hybridized carbons (Fsp3) is 0.385. The van der Waals surface area contributed by atoms with Crippen molar-refractivity contribution in [1.29, 1.82) is 0 Å². The van der Waals surface area contributed by atoms with Crippen LogP contribution in [0.3, 0.4) is 0 Å². The zero-order valence-corrected chi connectivity index (χ0v) is 13.1. The van der Waals surface area contributed by atoms with Gasteiger partial charge in [0.2, 0.25) is 5.91 Å². The first-order valence-electron chi connectivity index (χ1n) is 5.96. The van der Waals surface area contributed by atoms with E-state index in [1.54, 1.807) is 13.3 Å². The minimum Gasteiger partial charge on any atom is -0.495 e. The van der Waals surface area contributed by atoms with Gasteiger partial charge in [0.05, 0.1) is 17.7 Å². The molecule has 102 valence electrons. The number of aromatic nitrogens is 2. The number of aryl methyl sites for hydroxylation is 1. The Bertz CT molecular complexity index is 595. The Morgan fingerprint density at radius 3 is 3.05 bits per heavy atom. The van der Waals surface area contributed by atoms with Crippen LogP contribution in [0.25, 0.3) is 11.0 Å². The van der Waals surface area contributed by atoms with Crippen molar-refractivity contribution in [1.82, 2.24) is 14.9 Å². The maximum atomic E-state index is 11.2. The fourth-order valence-electron chi connectivity index (χ4n) is 2.01. The van der Waals surface area contributed by atoms with Gasteiger partial charge in [-0.25, -0.2) is 4.98 Å². The molecule has 2 rings (SSSR count). The van der Waals surface area contributed by atoms with Gasteiger partial charge in [-0.1, -0.05) is 22.6 Å². The van der Waals surface area contributed by atoms with Gasteiger partial charge in [-0.15, -0.1) is 0 Å². The van der Waals surface area contributed by atoms with Gasteiger partial charge in [-0.05, 0) is 18.1 Å². The predicted octanol–water partition coefficient (Wildman–Crippen LogP) is 1.68. The van der Waals surface area contributed by atoms with Crippen molar-refractivity contribution in [2.24, 2.45) is 7.05 Å². The number of pyridine rings is 1. The number of carbonyl (C=O) groups is 1. The Kier molecular flexibility index (Phi) is 4.62. The molecule has 2 aromatic heterocycles. The summed E-state index contributed by atoms with van der Waals surface area (Å²) in [6.07, 6.45) is 4.55. The SMILES string of the molecule is COc1cnc2c(c1)c(CCNC(=O)CI)cn2C. The highest BCUT2D eigenvalue weighted by Crippen LogP contribution is 2.23. The molecule has 0 spiro atoms. The molecule has 19 heavy (non-hydrogen) atoms. The quantitative estimate of drug-likeness (QED) is 0.641. The van der Waals surface area contributed by atoms with Crippen LogP contribution in [-0.2, 0) is 18.3 Å². The maximum Gasteiger partial charge on any atom is 0.229 e. The summed E-state index contributed by atoms with van der Waals surface area (Å²) in [5, 5.41) is 3.95. The van der Waals surface area contributed by atoms with Gasteiger partial charge in [0, 0.05) is 25.2 Å². The molecule has 0 aliphatic carbocycles. The Morgan fingerprint density at radius 2 is 2.37 bits per heavy atom. The number of amides is 1. The number of nitrogens with zero attached hydrogens (tertiary/aromatic N) is 2. The zero-order chi connectivity index (χ0) is 13.8. The van der Waals surface area contributed by atoms with Crippen LogP contribution in [-0.4, -0.2) is 33.5 Å². The number of fused-ring (bicyclic) bond motifs is 1. The average molecular weight is 373 g/mol. The van der Waals surface area contributed by atoms with Crippen LogP contribution in [0.15, 0.2) is 18.5 Å². The van der Waals surface area contributed by atoms with Crippen LogP contribution in [0, 0.1) is 0 Å². The minimum absolute atomic E-state index is 0.0662. The number of halogens is 1. The summed E-state index contributed by atoms with van der Waals surface area (Å²) >= 11 is 2.05. The van der Waals surface area contributed by atoms with E-state index in [-0.39, 0.29) is 5.91 Å². The highest BCUT2D eigenvalue weighted by molar-refractivity contribution is 14.1. The fourth-order valence-corrected chi connectivity index (χ4v) is 2.28. The summed E-state index contributed by atoms with van der Waals surface area (Å²) < 4.78 is 7.68. The molecule has 0 saturated heterocycles. The van der Waals surface area contributed by atoms with Gasteiger partial charge in [0.25, 0.3) is 0 Å². The Hall–Kier alpha value is -1.31. The molecular formula is C13H16IN3O2. The number of alkyl halides is 1. The van der Waals surface area contributed by atoms with Crippen LogP contribution < -0.4 is 10.1 Å². The molecule has 6 heteroatoms. The molecule has 0 radical (unpaired) electrons. The molecule has 2 heterocycles. The molecular weight excluding hydrogens is 357 g/mol. The second-order valence-corrected chi connectivity index (χ2v) is 5.01. The van der Waals surface area contributed by atoms with Crippen molar-refractivity contribution in [3.8, 4) is 5.75 Å². The van der Waals surface area contributed by atoms with Gasteiger partial charge in [0.1, 0.15) is 11.4 Å². The monoisotopic (exact) mass is 373 g/mol. The molecule has 0 saturated carbocycles. The van der Waals surface area contributed by atoms with Gasteiger partial charge in [-0.2, -0.15) is 0 Å². The lowest BCUT2D eigenvalue weighted by molar-refractivity contribution is -0.118. The lowest BCUT2D eigenvalue weighted by Crippen LogP contribution is -2.26.